The van der Waals surface area contributed by atoms with Crippen LogP contribution in [0.15, 0.2) is 70.2 Å². The SMILES string of the molecule is Cc1ccc(CCN(Cc2ccco2)S(=O)(=O)c2cccc3c2COC3=O)cc1. The van der Waals surface area contributed by atoms with Gasteiger partial charge in [0.05, 0.1) is 23.3 Å². The highest BCUT2D eigenvalue weighted by molar-refractivity contribution is 7.89. The average molecular weight is 411 g/mol. The summed E-state index contributed by atoms with van der Waals surface area (Å²) in [5, 5.41) is 0. The maximum Gasteiger partial charge on any atom is 0.338 e. The lowest BCUT2D eigenvalue weighted by molar-refractivity contribution is 0.0534. The Hall–Kier alpha value is -2.90. The number of nitrogens with zero attached hydrogens (tertiary/aromatic N) is 1. The van der Waals surface area contributed by atoms with Crippen LogP contribution in [0.5, 0.6) is 0 Å². The molecular weight excluding hydrogens is 390 g/mol. The third-order valence-corrected chi connectivity index (χ3v) is 6.93. The molecule has 0 N–H and O–H groups in total. The van der Waals surface area contributed by atoms with Gasteiger partial charge in [-0.25, -0.2) is 13.2 Å². The molecule has 1 aromatic heterocycles. The molecule has 6 nitrogen and oxygen atoms in total. The van der Waals surface area contributed by atoms with E-state index in [1.165, 1.54) is 16.6 Å². The van der Waals surface area contributed by atoms with E-state index in [4.69, 9.17) is 9.15 Å². The normalized spacial score (nSPS) is 13.5. The number of benzene rings is 2. The number of aryl methyl sites for hydroxylation is 1. The van der Waals surface area contributed by atoms with E-state index >= 15 is 0 Å². The molecule has 1 aliphatic heterocycles. The molecule has 0 amide bonds. The van der Waals surface area contributed by atoms with Crippen molar-refractivity contribution < 1.29 is 22.4 Å². The molecule has 29 heavy (non-hydrogen) atoms. The van der Waals surface area contributed by atoms with Crippen LogP contribution in [0.2, 0.25) is 0 Å². The summed E-state index contributed by atoms with van der Waals surface area (Å²) in [6.07, 6.45) is 2.08. The van der Waals surface area contributed by atoms with Gasteiger partial charge < -0.3 is 9.15 Å². The van der Waals surface area contributed by atoms with E-state index < -0.39 is 16.0 Å². The number of hydrogen-bond acceptors (Lipinski definition) is 5. The Labute approximate surface area is 169 Å². The van der Waals surface area contributed by atoms with Crippen molar-refractivity contribution in [3.63, 3.8) is 0 Å². The number of esters is 1. The van der Waals surface area contributed by atoms with Gasteiger partial charge in [0.2, 0.25) is 10.0 Å². The molecule has 0 unspecified atom stereocenters. The van der Waals surface area contributed by atoms with Crippen molar-refractivity contribution in [1.82, 2.24) is 4.31 Å². The van der Waals surface area contributed by atoms with Crippen LogP contribution in [-0.2, 0) is 34.3 Å². The second kappa shape index (κ2) is 7.85. The first-order valence-electron chi connectivity index (χ1n) is 9.32. The fourth-order valence-electron chi connectivity index (χ4n) is 3.37. The fraction of sp³-hybridized carbons (Fsp3) is 0.227. The first kappa shape index (κ1) is 19.4. The highest BCUT2D eigenvalue weighted by Crippen LogP contribution is 2.29. The van der Waals surface area contributed by atoms with Gasteiger partial charge in [-0.05, 0) is 43.2 Å². The van der Waals surface area contributed by atoms with Gasteiger partial charge in [-0.1, -0.05) is 35.9 Å². The van der Waals surface area contributed by atoms with Crippen LogP contribution in [0.3, 0.4) is 0 Å². The highest BCUT2D eigenvalue weighted by Gasteiger charge is 2.33. The predicted octanol–water partition coefficient (Wildman–Crippen LogP) is 3.69. The molecule has 0 aliphatic carbocycles. The molecule has 3 aromatic rings. The van der Waals surface area contributed by atoms with Gasteiger partial charge in [-0.3, -0.25) is 0 Å². The molecule has 0 saturated heterocycles. The largest absolute Gasteiger partial charge is 0.468 e. The van der Waals surface area contributed by atoms with E-state index in [9.17, 15) is 13.2 Å². The van der Waals surface area contributed by atoms with Crippen molar-refractivity contribution in [3.8, 4) is 0 Å². The Bertz CT molecular complexity index is 1120. The van der Waals surface area contributed by atoms with E-state index in [2.05, 4.69) is 0 Å². The van der Waals surface area contributed by atoms with Crippen molar-refractivity contribution in [1.29, 1.82) is 0 Å². The van der Waals surface area contributed by atoms with Crippen molar-refractivity contribution >= 4 is 16.0 Å². The Morgan fingerprint density at radius 3 is 2.55 bits per heavy atom. The lowest BCUT2D eigenvalue weighted by Crippen LogP contribution is -2.33. The van der Waals surface area contributed by atoms with Crippen LogP contribution < -0.4 is 0 Å². The number of ether oxygens (including phenoxy) is 1. The quantitative estimate of drug-likeness (QED) is 0.554. The zero-order chi connectivity index (χ0) is 20.4. The number of fused-ring (bicyclic) bond motifs is 1. The second-order valence-electron chi connectivity index (χ2n) is 7.01. The van der Waals surface area contributed by atoms with Gasteiger partial charge in [0.15, 0.2) is 0 Å². The van der Waals surface area contributed by atoms with Crippen LogP contribution in [0.4, 0.5) is 0 Å². The Morgan fingerprint density at radius 1 is 1.03 bits per heavy atom. The monoisotopic (exact) mass is 411 g/mol. The van der Waals surface area contributed by atoms with E-state index in [1.54, 1.807) is 24.3 Å². The number of sulfonamides is 1. The minimum Gasteiger partial charge on any atom is -0.468 e. The molecule has 0 fully saturated rings. The lowest BCUT2D eigenvalue weighted by Gasteiger charge is -2.22. The summed E-state index contributed by atoms with van der Waals surface area (Å²) in [5.74, 6) is 0.0617. The number of furan rings is 1. The Morgan fingerprint density at radius 2 is 1.83 bits per heavy atom. The van der Waals surface area contributed by atoms with Crippen LogP contribution in [0.25, 0.3) is 0 Å². The minimum atomic E-state index is -3.86. The van der Waals surface area contributed by atoms with Gasteiger partial charge in [0.1, 0.15) is 12.4 Å². The van der Waals surface area contributed by atoms with Crippen LogP contribution >= 0.6 is 0 Å². The van der Waals surface area contributed by atoms with Gasteiger partial charge in [0, 0.05) is 12.1 Å². The molecule has 2 heterocycles. The molecule has 0 saturated carbocycles. The molecule has 2 aromatic carbocycles. The molecule has 150 valence electrons. The van der Waals surface area contributed by atoms with Crippen LogP contribution in [-0.4, -0.2) is 25.2 Å². The van der Waals surface area contributed by atoms with Crippen molar-refractivity contribution in [3.05, 3.63) is 88.9 Å². The maximum absolute atomic E-state index is 13.5. The summed E-state index contributed by atoms with van der Waals surface area (Å²) in [7, 11) is -3.86. The smallest absolute Gasteiger partial charge is 0.338 e. The number of carbonyl (C=O) groups excluding carboxylic acids is 1. The number of rotatable bonds is 7. The summed E-state index contributed by atoms with van der Waals surface area (Å²) < 4.78 is 38.9. The molecule has 0 bridgehead atoms. The minimum absolute atomic E-state index is 0.0316. The fourth-order valence-corrected chi connectivity index (χ4v) is 5.01. The van der Waals surface area contributed by atoms with Crippen LogP contribution in [0, 0.1) is 6.92 Å². The summed E-state index contributed by atoms with van der Waals surface area (Å²) in [4.78, 5) is 12.0. The summed E-state index contributed by atoms with van der Waals surface area (Å²) in [6, 6.07) is 16.2. The third kappa shape index (κ3) is 3.97. The summed E-state index contributed by atoms with van der Waals surface area (Å²) >= 11 is 0. The Kier molecular flexibility index (Phi) is 5.25. The van der Waals surface area contributed by atoms with Gasteiger partial charge >= 0.3 is 5.97 Å². The van der Waals surface area contributed by atoms with Crippen molar-refractivity contribution in [2.45, 2.75) is 31.4 Å². The molecular formula is C22H21NO5S. The van der Waals surface area contributed by atoms with E-state index in [1.807, 2.05) is 31.2 Å². The standard InChI is InChI=1S/C22H21NO5S/c1-16-7-9-17(10-8-16)11-12-23(14-18-4-3-13-27-18)29(25,26)21-6-2-5-19-20(21)15-28-22(19)24/h2-10,13H,11-12,14-15H2,1H3. The molecule has 1 aliphatic rings. The van der Waals surface area contributed by atoms with E-state index in [0.29, 0.717) is 23.3 Å². The van der Waals surface area contributed by atoms with Crippen LogP contribution in [0.1, 0.15) is 32.8 Å². The number of cyclic esters (lactones) is 1. The maximum atomic E-state index is 13.5. The molecule has 7 heteroatoms. The first-order chi connectivity index (χ1) is 13.9. The number of hydrogen-bond donors (Lipinski definition) is 0. The molecule has 4 rings (SSSR count). The second-order valence-corrected chi connectivity index (χ2v) is 8.92. The van der Waals surface area contributed by atoms with Gasteiger partial charge in [-0.2, -0.15) is 4.31 Å². The van der Waals surface area contributed by atoms with Crippen molar-refractivity contribution in [2.75, 3.05) is 6.54 Å². The lowest BCUT2D eigenvalue weighted by atomic mass is 10.1. The first-order valence-corrected chi connectivity index (χ1v) is 10.8. The van der Waals surface area contributed by atoms with Gasteiger partial charge in [0.25, 0.3) is 0 Å². The summed E-state index contributed by atoms with van der Waals surface area (Å²) in [6.45, 7) is 2.37. The molecule has 0 spiro atoms. The summed E-state index contributed by atoms with van der Waals surface area (Å²) in [5.41, 5.74) is 2.92. The zero-order valence-electron chi connectivity index (χ0n) is 16.0. The van der Waals surface area contributed by atoms with E-state index in [0.717, 1.165) is 11.1 Å². The molecule has 0 atom stereocenters. The zero-order valence-corrected chi connectivity index (χ0v) is 16.8. The van der Waals surface area contributed by atoms with E-state index in [-0.39, 0.29) is 24.6 Å². The highest BCUT2D eigenvalue weighted by atomic mass is 32.2. The average Bonchev–Trinajstić information content (AvgIpc) is 3.36. The topological polar surface area (TPSA) is 76.8 Å². The molecule has 0 radical (unpaired) electrons. The Balaban J connectivity index is 1.66. The third-order valence-electron chi connectivity index (χ3n) is 5.00. The van der Waals surface area contributed by atoms with Gasteiger partial charge in [-0.15, -0.1) is 0 Å². The van der Waals surface area contributed by atoms with Crippen molar-refractivity contribution in [2.24, 2.45) is 0 Å². The number of carbonyl (C=O) groups is 1. The predicted molar refractivity (Wildman–Crippen MR) is 107 cm³/mol.